The van der Waals surface area contributed by atoms with Crippen LogP contribution in [0.1, 0.15) is 17.9 Å². The summed E-state index contributed by atoms with van der Waals surface area (Å²) in [6.07, 6.45) is 2.99. The Morgan fingerprint density at radius 3 is 2.59 bits per heavy atom. The molecule has 1 unspecified atom stereocenters. The number of rotatable bonds is 9. The minimum Gasteiger partial charge on any atom is -0.441 e. The standard InChI is InChI=1S/C23H26FN3O2/c1-27(2)18(14-17-8-4-3-5-9-17)15-25-22(28)12-13-23-26-16-21(29-23)19-10-6-7-11-20(19)24/h3-11,16,18H,12-15H2,1-2H3,(H,25,28). The maximum atomic E-state index is 13.8. The van der Waals surface area contributed by atoms with E-state index >= 15 is 0 Å². The number of likely N-dealkylation sites (N-methyl/N-ethyl adjacent to an activating group) is 1. The van der Waals surface area contributed by atoms with Crippen molar-refractivity contribution < 1.29 is 13.6 Å². The van der Waals surface area contributed by atoms with E-state index in [0.717, 1.165) is 6.42 Å². The molecule has 1 aromatic heterocycles. The van der Waals surface area contributed by atoms with Crippen molar-refractivity contribution in [1.82, 2.24) is 15.2 Å². The van der Waals surface area contributed by atoms with Gasteiger partial charge in [-0.25, -0.2) is 9.37 Å². The van der Waals surface area contributed by atoms with E-state index < -0.39 is 0 Å². The van der Waals surface area contributed by atoms with E-state index in [-0.39, 0.29) is 24.2 Å². The summed E-state index contributed by atoms with van der Waals surface area (Å²) in [5.41, 5.74) is 1.60. The van der Waals surface area contributed by atoms with Gasteiger partial charge in [0.2, 0.25) is 5.91 Å². The number of aryl methyl sites for hydroxylation is 1. The average Bonchev–Trinajstić information content (AvgIpc) is 3.19. The Bertz CT molecular complexity index is 925. The third-order valence-electron chi connectivity index (χ3n) is 4.84. The lowest BCUT2D eigenvalue weighted by Gasteiger charge is -2.24. The van der Waals surface area contributed by atoms with Gasteiger partial charge in [-0.15, -0.1) is 0 Å². The van der Waals surface area contributed by atoms with Crippen LogP contribution in [-0.4, -0.2) is 42.5 Å². The van der Waals surface area contributed by atoms with Gasteiger partial charge in [-0.3, -0.25) is 4.79 Å². The summed E-state index contributed by atoms with van der Waals surface area (Å²) in [4.78, 5) is 18.5. The fraction of sp³-hybridized carbons (Fsp3) is 0.304. The molecule has 0 aliphatic heterocycles. The van der Waals surface area contributed by atoms with Gasteiger partial charge in [0.25, 0.3) is 0 Å². The molecule has 1 N–H and O–H groups in total. The topological polar surface area (TPSA) is 58.4 Å². The van der Waals surface area contributed by atoms with Crippen LogP contribution in [0.25, 0.3) is 11.3 Å². The number of oxazole rings is 1. The number of aromatic nitrogens is 1. The molecule has 0 spiro atoms. The van der Waals surface area contributed by atoms with Gasteiger partial charge in [-0.05, 0) is 38.2 Å². The predicted molar refractivity (Wildman–Crippen MR) is 111 cm³/mol. The molecule has 0 saturated carbocycles. The second-order valence-electron chi connectivity index (χ2n) is 7.21. The van der Waals surface area contributed by atoms with Crippen molar-refractivity contribution in [1.29, 1.82) is 0 Å². The van der Waals surface area contributed by atoms with Crippen LogP contribution in [0.5, 0.6) is 0 Å². The van der Waals surface area contributed by atoms with Crippen LogP contribution in [0, 0.1) is 5.82 Å². The number of benzene rings is 2. The zero-order valence-electron chi connectivity index (χ0n) is 16.8. The molecule has 152 valence electrons. The minimum atomic E-state index is -0.360. The molecular weight excluding hydrogens is 369 g/mol. The Hall–Kier alpha value is -2.99. The maximum Gasteiger partial charge on any atom is 0.220 e. The summed E-state index contributed by atoms with van der Waals surface area (Å²) in [6, 6.07) is 16.8. The molecule has 0 fully saturated rings. The van der Waals surface area contributed by atoms with Gasteiger partial charge in [-0.2, -0.15) is 0 Å². The number of nitrogens with one attached hydrogen (secondary N) is 1. The van der Waals surface area contributed by atoms with Gasteiger partial charge in [-0.1, -0.05) is 42.5 Å². The Balaban J connectivity index is 1.49. The minimum absolute atomic E-state index is 0.0597. The number of hydrogen-bond donors (Lipinski definition) is 1. The largest absolute Gasteiger partial charge is 0.441 e. The van der Waals surface area contributed by atoms with Crippen molar-refractivity contribution in [3.8, 4) is 11.3 Å². The van der Waals surface area contributed by atoms with E-state index in [4.69, 9.17) is 4.42 Å². The highest BCUT2D eigenvalue weighted by Crippen LogP contribution is 2.23. The highest BCUT2D eigenvalue weighted by molar-refractivity contribution is 5.76. The third kappa shape index (κ3) is 5.99. The van der Waals surface area contributed by atoms with Gasteiger partial charge in [0.05, 0.1) is 11.8 Å². The Morgan fingerprint density at radius 2 is 1.86 bits per heavy atom. The van der Waals surface area contributed by atoms with Crippen LogP contribution in [0.2, 0.25) is 0 Å². The van der Waals surface area contributed by atoms with Crippen LogP contribution >= 0.6 is 0 Å². The number of carbonyl (C=O) groups excluding carboxylic acids is 1. The fourth-order valence-corrected chi connectivity index (χ4v) is 3.08. The first kappa shape index (κ1) is 20.7. The molecule has 3 rings (SSSR count). The van der Waals surface area contributed by atoms with Crippen LogP contribution < -0.4 is 5.32 Å². The lowest BCUT2D eigenvalue weighted by Crippen LogP contribution is -2.41. The average molecular weight is 395 g/mol. The molecule has 29 heavy (non-hydrogen) atoms. The molecule has 0 aliphatic rings. The fourth-order valence-electron chi connectivity index (χ4n) is 3.08. The van der Waals surface area contributed by atoms with Crippen LogP contribution in [0.3, 0.4) is 0 Å². The first-order chi connectivity index (χ1) is 14.0. The number of amides is 1. The van der Waals surface area contributed by atoms with Crippen molar-refractivity contribution in [3.05, 3.63) is 78.1 Å². The molecular formula is C23H26FN3O2. The number of carbonyl (C=O) groups is 1. The smallest absolute Gasteiger partial charge is 0.220 e. The summed E-state index contributed by atoms with van der Waals surface area (Å²) in [6.45, 7) is 0.562. The lowest BCUT2D eigenvalue weighted by atomic mass is 10.1. The first-order valence-corrected chi connectivity index (χ1v) is 9.69. The van der Waals surface area contributed by atoms with E-state index in [1.165, 1.54) is 17.8 Å². The van der Waals surface area contributed by atoms with Crippen molar-refractivity contribution in [2.24, 2.45) is 0 Å². The molecule has 3 aromatic rings. The van der Waals surface area contributed by atoms with Crippen LogP contribution in [0.4, 0.5) is 4.39 Å². The Kier molecular flexibility index (Phi) is 7.14. The monoisotopic (exact) mass is 395 g/mol. The SMILES string of the molecule is CN(C)C(CNC(=O)CCc1ncc(-c2ccccc2F)o1)Cc1ccccc1. The summed E-state index contributed by atoms with van der Waals surface area (Å²) in [7, 11) is 4.02. The van der Waals surface area contributed by atoms with Gasteiger partial charge < -0.3 is 14.6 Å². The Labute approximate surface area is 170 Å². The third-order valence-corrected chi connectivity index (χ3v) is 4.84. The van der Waals surface area contributed by atoms with Crippen molar-refractivity contribution in [3.63, 3.8) is 0 Å². The molecule has 6 heteroatoms. The molecule has 0 saturated heterocycles. The zero-order chi connectivity index (χ0) is 20.6. The van der Waals surface area contributed by atoms with E-state index in [0.29, 0.717) is 30.2 Å². The Morgan fingerprint density at radius 1 is 1.14 bits per heavy atom. The predicted octanol–water partition coefficient (Wildman–Crippen LogP) is 3.70. The highest BCUT2D eigenvalue weighted by Gasteiger charge is 2.15. The highest BCUT2D eigenvalue weighted by atomic mass is 19.1. The molecule has 1 amide bonds. The normalized spacial score (nSPS) is 12.1. The maximum absolute atomic E-state index is 13.8. The second-order valence-corrected chi connectivity index (χ2v) is 7.21. The van der Waals surface area contributed by atoms with E-state index in [9.17, 15) is 9.18 Å². The summed E-state index contributed by atoms with van der Waals surface area (Å²) < 4.78 is 19.4. The van der Waals surface area contributed by atoms with Crippen LogP contribution in [-0.2, 0) is 17.6 Å². The van der Waals surface area contributed by atoms with E-state index in [2.05, 4.69) is 27.3 Å². The molecule has 0 aliphatic carbocycles. The van der Waals surface area contributed by atoms with Gasteiger partial charge >= 0.3 is 0 Å². The molecule has 5 nitrogen and oxygen atoms in total. The molecule has 2 aromatic carbocycles. The molecule has 0 bridgehead atoms. The quantitative estimate of drug-likeness (QED) is 0.600. The van der Waals surface area contributed by atoms with Crippen molar-refractivity contribution in [2.45, 2.75) is 25.3 Å². The van der Waals surface area contributed by atoms with Crippen molar-refractivity contribution >= 4 is 5.91 Å². The molecule has 0 radical (unpaired) electrons. The summed E-state index contributed by atoms with van der Waals surface area (Å²) in [5.74, 6) is 0.373. The zero-order valence-corrected chi connectivity index (χ0v) is 16.8. The first-order valence-electron chi connectivity index (χ1n) is 9.69. The van der Waals surface area contributed by atoms with Gasteiger partial charge in [0.1, 0.15) is 5.82 Å². The van der Waals surface area contributed by atoms with E-state index in [1.54, 1.807) is 18.2 Å². The summed E-state index contributed by atoms with van der Waals surface area (Å²) in [5, 5.41) is 2.99. The van der Waals surface area contributed by atoms with E-state index in [1.807, 2.05) is 32.3 Å². The van der Waals surface area contributed by atoms with Crippen LogP contribution in [0.15, 0.2) is 65.2 Å². The van der Waals surface area contributed by atoms with Gasteiger partial charge in [0, 0.05) is 25.4 Å². The number of nitrogens with zero attached hydrogens (tertiary/aromatic N) is 2. The number of hydrogen-bond acceptors (Lipinski definition) is 4. The van der Waals surface area contributed by atoms with Gasteiger partial charge in [0.15, 0.2) is 11.7 Å². The second kappa shape index (κ2) is 9.98. The van der Waals surface area contributed by atoms with Crippen molar-refractivity contribution in [2.75, 3.05) is 20.6 Å². The summed E-state index contributed by atoms with van der Waals surface area (Å²) >= 11 is 0. The lowest BCUT2D eigenvalue weighted by molar-refractivity contribution is -0.121. The molecule has 1 heterocycles. The molecule has 1 atom stereocenters. The number of halogens is 1.